The zero-order valence-electron chi connectivity index (χ0n) is 56.3. The Kier molecular flexibility index (Phi) is 27.9. The zero-order chi connectivity index (χ0) is 71.1. The third-order valence-corrected chi connectivity index (χ3v) is 19.5. The largest absolute Gasteiger partial charge is 0.464 e. The van der Waals surface area contributed by atoms with Crippen molar-refractivity contribution in [2.75, 3.05) is 58.2 Å². The highest BCUT2D eigenvalue weighted by Crippen LogP contribution is 2.41. The van der Waals surface area contributed by atoms with Gasteiger partial charge >= 0.3 is 12.1 Å². The first kappa shape index (κ1) is 77.2. The summed E-state index contributed by atoms with van der Waals surface area (Å²) in [4.78, 5) is 111. The molecule has 1 aliphatic carbocycles. The number of nitrogens with one attached hydrogen (secondary N) is 4. The maximum absolute atomic E-state index is 14.8. The van der Waals surface area contributed by atoms with Gasteiger partial charge in [-0.15, -0.1) is 0 Å². The first-order valence-corrected chi connectivity index (χ1v) is 33.5. The highest BCUT2D eigenvalue weighted by atomic mass is 35.5. The Balaban J connectivity index is 1.05. The first-order valence-electron chi connectivity index (χ1n) is 33.1. The molecule has 3 aromatic rings. The van der Waals surface area contributed by atoms with Gasteiger partial charge in [0.15, 0.2) is 5.69 Å². The third-order valence-electron chi connectivity index (χ3n) is 19.3. The lowest BCUT2D eigenvalue weighted by Gasteiger charge is -2.47. The Morgan fingerprint density at radius 3 is 2.20 bits per heavy atom. The molecule has 14 atom stereocenters. The Morgan fingerprint density at radius 2 is 1.54 bits per heavy atom. The van der Waals surface area contributed by atoms with Crippen molar-refractivity contribution in [1.82, 2.24) is 25.3 Å². The lowest BCUT2D eigenvalue weighted by molar-refractivity contribution is -0.302. The molecule has 1 saturated carbocycles. The Bertz CT molecular complexity index is 3360. The number of carbonyl (C=O) groups excluding carboxylic acids is 8. The van der Waals surface area contributed by atoms with E-state index in [-0.39, 0.29) is 116 Å². The SMILES string of the molecule is C=CC(=O)Nc1cc(Cl)cc(NC(=O)c2cnn(-c3ccc(C(=O)NCCNC(=O)CCC[C@@H]4/C=C(\C)C[C@H](CC)C[C@H](OC)[C@H]5O[C@@](O)(C(=O)C(=O)N6CCCC[C@H]6C(=O)OC[C@H](/C(C)=C/[C@@H]6CC[C@@H](O)[C@H](OC)C6)[C@H](C)[C@@H](O)CC4=O)[C@H](C)C[C@@H]5OC)cc3)c2C(F)(F)F)c1. The summed E-state index contributed by atoms with van der Waals surface area (Å²) in [5.74, 6) is -11.9. The molecular formula is C70H93ClF3N7O16. The van der Waals surface area contributed by atoms with Crippen molar-refractivity contribution in [3.63, 3.8) is 0 Å². The number of hydrogen-bond acceptors (Lipinski definition) is 17. The number of aromatic nitrogens is 2. The van der Waals surface area contributed by atoms with Crippen molar-refractivity contribution >= 4 is 70.0 Å². The number of allylic oxidation sites excluding steroid dienone is 3. The molecule has 0 spiro atoms. The molecule has 27 heteroatoms. The molecule has 5 amide bonds. The second-order valence-electron chi connectivity index (χ2n) is 26.0. The van der Waals surface area contributed by atoms with E-state index in [1.807, 2.05) is 32.9 Å². The molecule has 7 N–H and O–H groups in total. The van der Waals surface area contributed by atoms with Crippen LogP contribution in [0.25, 0.3) is 5.69 Å². The molecule has 2 bridgehead atoms. The van der Waals surface area contributed by atoms with E-state index >= 15 is 0 Å². The van der Waals surface area contributed by atoms with Gasteiger partial charge in [0.2, 0.25) is 17.6 Å². The number of ketones is 2. The third kappa shape index (κ3) is 20.0. The molecule has 3 fully saturated rings. The lowest BCUT2D eigenvalue weighted by atomic mass is 9.78. The van der Waals surface area contributed by atoms with Gasteiger partial charge < -0.3 is 65.2 Å². The number of esters is 1. The highest BCUT2D eigenvalue weighted by molar-refractivity contribution is 6.39. The molecule has 4 aliphatic rings. The van der Waals surface area contributed by atoms with Crippen molar-refractivity contribution < 1.29 is 90.5 Å². The average molecular weight is 1380 g/mol. The van der Waals surface area contributed by atoms with E-state index in [9.17, 15) is 66.8 Å². The maximum Gasteiger partial charge on any atom is 0.434 e. The molecule has 1 aromatic heterocycles. The van der Waals surface area contributed by atoms with E-state index in [0.717, 1.165) is 28.3 Å². The van der Waals surface area contributed by atoms with Gasteiger partial charge in [-0.2, -0.15) is 18.3 Å². The number of rotatable bonds is 19. The second-order valence-corrected chi connectivity index (χ2v) is 26.5. The fourth-order valence-electron chi connectivity index (χ4n) is 13.6. The number of benzene rings is 2. The van der Waals surface area contributed by atoms with Crippen LogP contribution in [0.4, 0.5) is 24.5 Å². The van der Waals surface area contributed by atoms with Crippen molar-refractivity contribution in [3.05, 3.63) is 106 Å². The Labute approximate surface area is 568 Å². The number of piperidine rings is 1. The van der Waals surface area contributed by atoms with Crippen LogP contribution in [0.5, 0.6) is 0 Å². The van der Waals surface area contributed by atoms with E-state index in [1.165, 1.54) is 63.8 Å². The number of ether oxygens (including phenoxy) is 5. The molecule has 4 heterocycles. The summed E-state index contributed by atoms with van der Waals surface area (Å²) in [5, 5.41) is 49.2. The molecule has 2 aromatic carbocycles. The predicted molar refractivity (Wildman–Crippen MR) is 353 cm³/mol. The maximum atomic E-state index is 14.8. The van der Waals surface area contributed by atoms with Crippen LogP contribution in [0.2, 0.25) is 5.02 Å². The summed E-state index contributed by atoms with van der Waals surface area (Å²) >= 11 is 6.13. The van der Waals surface area contributed by atoms with Gasteiger partial charge in [0.1, 0.15) is 17.9 Å². The monoisotopic (exact) mass is 1380 g/mol. The molecular weight excluding hydrogens is 1290 g/mol. The predicted octanol–water partition coefficient (Wildman–Crippen LogP) is 8.65. The molecule has 7 rings (SSSR count). The molecule has 3 aliphatic heterocycles. The minimum Gasteiger partial charge on any atom is -0.464 e. The number of halogens is 4. The van der Waals surface area contributed by atoms with Gasteiger partial charge in [-0.1, -0.05) is 68.7 Å². The standard InChI is InChI=1S/C70H93ClF3N7O16/c1-10-43-27-39(3)28-46(15-14-17-61(86)75-24-25-76-65(88)45-19-21-50(22-20-45)81-63(70(72,73)74)51(37-77-81)66(89)79-49-34-47(71)33-48(35-49)78-60(85)11-2)56(84)36-55(83)42(6)52(40(4)29-44-18-23-54(82)57(32-44)93-7)38-96-68(91)53-16-12-13-26-80(53)67(90)64(87)69(92)41(5)30-58(94-8)62(97-69)59(31-43)95-9/h11,19-22,28-29,33-35,37,41-44,46,52-55,57-59,62,82-83,92H,2,10,12-18,23-27,30-32,36,38H2,1,3-9H3,(H,75,86)(H,76,88)(H,78,85)(H,79,89)/b39-28+,40-29+/t41-,42+,43+,44+,46-,52-,53+,54-,55+,57-,58+,59+,62+,69-/m1/s1. The van der Waals surface area contributed by atoms with Gasteiger partial charge in [0.05, 0.1) is 54.6 Å². The van der Waals surface area contributed by atoms with Gasteiger partial charge in [-0.3, -0.25) is 33.6 Å². The highest BCUT2D eigenvalue weighted by Gasteiger charge is 2.57. The summed E-state index contributed by atoms with van der Waals surface area (Å²) in [6.07, 6.45) is 0.307. The lowest BCUT2D eigenvalue weighted by Crippen LogP contribution is -2.64. The molecule has 23 nitrogen and oxygen atoms in total. The topological polar surface area (TPSA) is 313 Å². The number of fused-ring (bicyclic) bond motifs is 3. The summed E-state index contributed by atoms with van der Waals surface area (Å²) in [7, 11) is 4.50. The fourth-order valence-corrected chi connectivity index (χ4v) is 13.8. The number of anilines is 2. The van der Waals surface area contributed by atoms with Crippen LogP contribution in [-0.2, 0) is 58.6 Å². The van der Waals surface area contributed by atoms with Crippen molar-refractivity contribution in [1.29, 1.82) is 0 Å². The molecule has 97 heavy (non-hydrogen) atoms. The summed E-state index contributed by atoms with van der Waals surface area (Å²) in [5.41, 5.74) is -0.581. The van der Waals surface area contributed by atoms with Crippen LogP contribution in [0.3, 0.4) is 0 Å². The first-order chi connectivity index (χ1) is 46.0. The van der Waals surface area contributed by atoms with Gasteiger partial charge in [-0.25, -0.2) is 9.48 Å². The minimum atomic E-state index is -5.08. The van der Waals surface area contributed by atoms with Crippen LogP contribution < -0.4 is 21.3 Å². The molecule has 532 valence electrons. The zero-order valence-corrected chi connectivity index (χ0v) is 57.0. The van der Waals surface area contributed by atoms with Crippen molar-refractivity contribution in [2.24, 2.45) is 35.5 Å². The number of amides is 5. The second kappa shape index (κ2) is 35.0. The number of alkyl halides is 3. The summed E-state index contributed by atoms with van der Waals surface area (Å²) in [6, 6.07) is 7.71. The number of methoxy groups -OCH3 is 3. The number of hydrogen-bond donors (Lipinski definition) is 7. The van der Waals surface area contributed by atoms with Gasteiger partial charge in [0, 0.05) is 93.5 Å². The van der Waals surface area contributed by atoms with Crippen molar-refractivity contribution in [3.8, 4) is 5.69 Å². The number of aliphatic hydroxyl groups excluding tert-OH is 2. The van der Waals surface area contributed by atoms with Gasteiger partial charge in [0.25, 0.3) is 23.5 Å². The minimum absolute atomic E-state index is 0.00923. The Morgan fingerprint density at radius 1 is 0.866 bits per heavy atom. The van der Waals surface area contributed by atoms with E-state index in [4.69, 9.17) is 35.3 Å². The molecule has 0 unspecified atom stereocenters. The summed E-state index contributed by atoms with van der Waals surface area (Å²) < 4.78 is 74.4. The van der Waals surface area contributed by atoms with E-state index in [2.05, 4.69) is 32.9 Å². The number of nitrogens with zero attached hydrogens (tertiary/aromatic N) is 3. The van der Waals surface area contributed by atoms with Crippen LogP contribution in [-0.4, -0.2) is 173 Å². The number of carbonyl (C=O) groups is 8. The van der Waals surface area contributed by atoms with E-state index in [0.29, 0.717) is 56.0 Å². The smallest absolute Gasteiger partial charge is 0.434 e. The number of Topliss-reactive ketones (excluding diaryl/α,β-unsaturated/α-hetero) is 2. The van der Waals surface area contributed by atoms with Crippen LogP contribution >= 0.6 is 11.6 Å². The van der Waals surface area contributed by atoms with E-state index < -0.39 is 125 Å². The van der Waals surface area contributed by atoms with Crippen LogP contribution in [0, 0.1) is 35.5 Å². The van der Waals surface area contributed by atoms with Crippen LogP contribution in [0.1, 0.15) is 151 Å². The fraction of sp³-hybridized carbons (Fsp3) is 0.586. The van der Waals surface area contributed by atoms with Crippen LogP contribution in [0.15, 0.2) is 84.6 Å². The number of aliphatic hydroxyl groups is 3. The quantitative estimate of drug-likeness (QED) is 0.0194. The molecule has 0 radical (unpaired) electrons. The molecule has 2 saturated heterocycles. The normalized spacial score (nSPS) is 28.9. The summed E-state index contributed by atoms with van der Waals surface area (Å²) in [6.45, 7) is 12.2. The Hall–Kier alpha value is -7.17. The average Bonchev–Trinajstić information content (AvgIpc) is 1.77. The van der Waals surface area contributed by atoms with Crippen molar-refractivity contribution in [2.45, 2.75) is 179 Å². The number of cyclic esters (lactones) is 1. The van der Waals surface area contributed by atoms with Gasteiger partial charge in [-0.05, 0) is 151 Å². The van der Waals surface area contributed by atoms with E-state index in [1.54, 1.807) is 13.8 Å².